The first kappa shape index (κ1) is 34.9. The Morgan fingerprint density at radius 1 is 0.804 bits per heavy atom. The average Bonchev–Trinajstić information content (AvgIpc) is 3.02. The predicted molar refractivity (Wildman–Crippen MR) is 188 cm³/mol. The van der Waals surface area contributed by atoms with E-state index in [1.807, 2.05) is 95.3 Å². The second kappa shape index (κ2) is 15.6. The van der Waals surface area contributed by atoms with E-state index < -0.39 is 28.5 Å². The van der Waals surface area contributed by atoms with Gasteiger partial charge in [-0.2, -0.15) is 0 Å². The molecule has 2 amide bonds. The summed E-state index contributed by atoms with van der Waals surface area (Å²) in [6.07, 6.45) is 0.985. The molecule has 2 atom stereocenters. The van der Waals surface area contributed by atoms with Crippen LogP contribution in [0.5, 0.6) is 0 Å². The largest absolute Gasteiger partial charge is 0.352 e. The molecule has 0 radical (unpaired) electrons. The smallest absolute Gasteiger partial charge is 0.264 e. The van der Waals surface area contributed by atoms with Gasteiger partial charge in [0.25, 0.3) is 10.0 Å². The molecule has 0 bridgehead atoms. The summed E-state index contributed by atoms with van der Waals surface area (Å²) in [5.41, 5.74) is 4.74. The van der Waals surface area contributed by atoms with Crippen LogP contribution in [0.2, 0.25) is 0 Å². The van der Waals surface area contributed by atoms with Crippen molar-refractivity contribution in [2.24, 2.45) is 0 Å². The molecule has 9 heteroatoms. The van der Waals surface area contributed by atoms with Gasteiger partial charge in [-0.3, -0.25) is 13.9 Å². The van der Waals surface area contributed by atoms with Crippen LogP contribution in [0.1, 0.15) is 48.1 Å². The fraction of sp³-hybridized carbons (Fsp3) is 0.297. The fourth-order valence-electron chi connectivity index (χ4n) is 5.24. The number of nitrogens with zero attached hydrogens (tertiary/aromatic N) is 2. The van der Waals surface area contributed by atoms with Gasteiger partial charge in [-0.05, 0) is 92.8 Å². The van der Waals surface area contributed by atoms with E-state index in [2.05, 4.69) is 21.2 Å². The molecule has 0 fully saturated rings. The number of carbonyl (C=O) groups excluding carboxylic acids is 2. The first-order valence-electron chi connectivity index (χ1n) is 15.4. The Morgan fingerprint density at radius 3 is 2.00 bits per heavy atom. The molecule has 0 saturated carbocycles. The first-order valence-corrected chi connectivity index (χ1v) is 17.7. The third kappa shape index (κ3) is 9.07. The maximum atomic E-state index is 14.6. The van der Waals surface area contributed by atoms with E-state index >= 15 is 0 Å². The molecular formula is C37H42BrN3O4S. The molecule has 0 saturated heterocycles. The van der Waals surface area contributed by atoms with Gasteiger partial charge in [-0.25, -0.2) is 8.42 Å². The molecule has 46 heavy (non-hydrogen) atoms. The molecular weight excluding hydrogens is 662 g/mol. The Balaban J connectivity index is 1.83. The lowest BCUT2D eigenvalue weighted by Crippen LogP contribution is -2.54. The Morgan fingerprint density at radius 2 is 1.41 bits per heavy atom. The van der Waals surface area contributed by atoms with Crippen molar-refractivity contribution in [3.63, 3.8) is 0 Å². The topological polar surface area (TPSA) is 86.8 Å². The zero-order valence-corrected chi connectivity index (χ0v) is 29.4. The molecule has 7 nitrogen and oxygen atoms in total. The number of anilines is 1. The van der Waals surface area contributed by atoms with Gasteiger partial charge in [-0.1, -0.05) is 89.1 Å². The van der Waals surface area contributed by atoms with E-state index in [0.717, 1.165) is 38.7 Å². The van der Waals surface area contributed by atoms with E-state index in [1.54, 1.807) is 36.4 Å². The van der Waals surface area contributed by atoms with Gasteiger partial charge >= 0.3 is 0 Å². The maximum absolute atomic E-state index is 14.6. The van der Waals surface area contributed by atoms with E-state index in [1.165, 1.54) is 9.21 Å². The third-order valence-corrected chi connectivity index (χ3v) is 10.2. The van der Waals surface area contributed by atoms with Crippen molar-refractivity contribution in [3.8, 4) is 0 Å². The van der Waals surface area contributed by atoms with Gasteiger partial charge in [0.2, 0.25) is 11.8 Å². The SMILES string of the molecule is CC[C@@H](C)NC(=O)[C@@H](Cc1ccccc1)N(Cc1ccc(Br)cc1)C(=O)CN(c1cc(C)cc(C)c1)S(=O)(=O)c1ccc(C)cc1. The van der Waals surface area contributed by atoms with E-state index in [9.17, 15) is 18.0 Å². The highest BCUT2D eigenvalue weighted by Crippen LogP contribution is 2.27. The summed E-state index contributed by atoms with van der Waals surface area (Å²) in [6, 6.07) is 28.2. The number of carbonyl (C=O) groups is 2. The third-order valence-electron chi connectivity index (χ3n) is 7.92. The van der Waals surface area contributed by atoms with Crippen LogP contribution in [0.4, 0.5) is 5.69 Å². The van der Waals surface area contributed by atoms with Gasteiger partial charge in [0, 0.05) is 23.5 Å². The second-order valence-electron chi connectivity index (χ2n) is 11.8. The van der Waals surface area contributed by atoms with Crippen molar-refractivity contribution < 1.29 is 18.0 Å². The van der Waals surface area contributed by atoms with Crippen molar-refractivity contribution in [1.82, 2.24) is 10.2 Å². The standard InChI is InChI=1S/C37H42BrN3O4S/c1-6-29(5)39-37(43)35(23-30-10-8-7-9-11-30)40(24-31-14-16-32(38)17-15-31)36(42)25-41(33-21-27(3)20-28(4)22-33)46(44,45)34-18-12-26(2)13-19-34/h7-22,29,35H,6,23-25H2,1-5H3,(H,39,43)/t29-,35-/m1/s1. The summed E-state index contributed by atoms with van der Waals surface area (Å²) < 4.78 is 30.6. The molecule has 0 heterocycles. The number of nitrogens with one attached hydrogen (secondary N) is 1. The Labute approximate surface area is 281 Å². The normalized spacial score (nSPS) is 12.7. The Bertz CT molecular complexity index is 1720. The summed E-state index contributed by atoms with van der Waals surface area (Å²) in [7, 11) is -4.16. The molecule has 4 rings (SSSR count). The van der Waals surface area contributed by atoms with Crippen LogP contribution in [-0.4, -0.2) is 43.8 Å². The highest BCUT2D eigenvalue weighted by Gasteiger charge is 2.35. The van der Waals surface area contributed by atoms with E-state index in [4.69, 9.17) is 0 Å². The molecule has 0 aliphatic heterocycles. The predicted octanol–water partition coefficient (Wildman–Crippen LogP) is 7.12. The average molecular weight is 705 g/mol. The minimum absolute atomic E-state index is 0.0832. The molecule has 0 aliphatic rings. The maximum Gasteiger partial charge on any atom is 0.264 e. The molecule has 4 aromatic rings. The van der Waals surface area contributed by atoms with Crippen molar-refractivity contribution in [3.05, 3.63) is 129 Å². The Kier molecular flexibility index (Phi) is 11.8. The summed E-state index contributed by atoms with van der Waals surface area (Å²) in [5.74, 6) is -0.777. The highest BCUT2D eigenvalue weighted by atomic mass is 79.9. The summed E-state index contributed by atoms with van der Waals surface area (Å²) in [5, 5.41) is 3.07. The van der Waals surface area contributed by atoms with Crippen molar-refractivity contribution in [1.29, 1.82) is 0 Å². The number of benzene rings is 4. The van der Waals surface area contributed by atoms with Gasteiger partial charge in [0.05, 0.1) is 10.6 Å². The van der Waals surface area contributed by atoms with Crippen LogP contribution in [-0.2, 0) is 32.6 Å². The number of halogens is 1. The van der Waals surface area contributed by atoms with Crippen molar-refractivity contribution >= 4 is 43.5 Å². The van der Waals surface area contributed by atoms with Crippen LogP contribution in [0.25, 0.3) is 0 Å². The highest BCUT2D eigenvalue weighted by molar-refractivity contribution is 9.10. The molecule has 0 aliphatic carbocycles. The van der Waals surface area contributed by atoms with Crippen LogP contribution in [0, 0.1) is 20.8 Å². The second-order valence-corrected chi connectivity index (χ2v) is 14.6. The van der Waals surface area contributed by atoms with E-state index in [0.29, 0.717) is 5.69 Å². The molecule has 4 aromatic carbocycles. The lowest BCUT2D eigenvalue weighted by atomic mass is 10.0. The monoisotopic (exact) mass is 703 g/mol. The van der Waals surface area contributed by atoms with Crippen LogP contribution in [0.3, 0.4) is 0 Å². The van der Waals surface area contributed by atoms with Gasteiger partial charge in [-0.15, -0.1) is 0 Å². The van der Waals surface area contributed by atoms with Gasteiger partial charge in [0.15, 0.2) is 0 Å². The first-order chi connectivity index (χ1) is 21.9. The summed E-state index contributed by atoms with van der Waals surface area (Å²) >= 11 is 3.47. The van der Waals surface area contributed by atoms with Gasteiger partial charge < -0.3 is 10.2 Å². The Hall–Kier alpha value is -3.95. The lowest BCUT2D eigenvalue weighted by Gasteiger charge is -2.34. The number of amides is 2. The van der Waals surface area contributed by atoms with Crippen molar-refractivity contribution in [2.75, 3.05) is 10.8 Å². The lowest BCUT2D eigenvalue weighted by molar-refractivity contribution is -0.140. The minimum atomic E-state index is -4.16. The minimum Gasteiger partial charge on any atom is -0.352 e. The van der Waals surface area contributed by atoms with Gasteiger partial charge in [0.1, 0.15) is 12.6 Å². The van der Waals surface area contributed by atoms with Crippen LogP contribution < -0.4 is 9.62 Å². The number of aryl methyl sites for hydroxylation is 3. The fourth-order valence-corrected chi connectivity index (χ4v) is 6.90. The molecule has 1 N–H and O–H groups in total. The molecule has 242 valence electrons. The number of hydrogen-bond acceptors (Lipinski definition) is 4. The zero-order valence-electron chi connectivity index (χ0n) is 27.0. The molecule has 0 unspecified atom stereocenters. The van der Waals surface area contributed by atoms with Crippen LogP contribution >= 0.6 is 15.9 Å². The van der Waals surface area contributed by atoms with Crippen molar-refractivity contribution in [2.45, 2.75) is 71.0 Å². The quantitative estimate of drug-likeness (QED) is 0.161. The summed E-state index contributed by atoms with van der Waals surface area (Å²) in [4.78, 5) is 30.2. The van der Waals surface area contributed by atoms with Crippen LogP contribution in [0.15, 0.2) is 106 Å². The molecule has 0 aromatic heterocycles. The number of hydrogen-bond donors (Lipinski definition) is 1. The summed E-state index contributed by atoms with van der Waals surface area (Å²) in [6.45, 7) is 9.21. The molecule has 0 spiro atoms. The van der Waals surface area contributed by atoms with E-state index in [-0.39, 0.29) is 29.8 Å². The zero-order chi connectivity index (χ0) is 33.4. The number of rotatable bonds is 13. The number of sulfonamides is 1.